The summed E-state index contributed by atoms with van der Waals surface area (Å²) in [6.07, 6.45) is 1.68. The molecule has 0 atom stereocenters. The van der Waals surface area contributed by atoms with E-state index in [2.05, 4.69) is 26.2 Å². The molecule has 0 spiro atoms. The minimum absolute atomic E-state index is 0.196. The maximum atomic E-state index is 12.6. The topological polar surface area (TPSA) is 64.2 Å². The number of nitrogens with zero attached hydrogens (tertiary/aromatic N) is 4. The predicted octanol–water partition coefficient (Wildman–Crippen LogP) is 4.42. The molecule has 0 radical (unpaired) electrons. The third-order valence-electron chi connectivity index (χ3n) is 3.67. The summed E-state index contributed by atoms with van der Waals surface area (Å²) < 4.78 is 7.81. The Morgan fingerprint density at radius 3 is 2.76 bits per heavy atom. The fourth-order valence-corrected chi connectivity index (χ4v) is 3.27. The number of carbonyl (C=O) groups excluding carboxylic acids is 1. The van der Waals surface area contributed by atoms with Crippen LogP contribution in [0, 0.1) is 0 Å². The number of amides is 1. The smallest absolute Gasteiger partial charge is 0.276 e. The Balaban J connectivity index is 1.80. The fraction of sp³-hybridized carbons (Fsp3) is 0.188. The van der Waals surface area contributed by atoms with Crippen LogP contribution in [0.4, 0.5) is 0 Å². The second-order valence-electron chi connectivity index (χ2n) is 5.42. The second-order valence-corrected chi connectivity index (χ2v) is 7.12. The number of benzene rings is 1. The summed E-state index contributed by atoms with van der Waals surface area (Å²) in [6, 6.07) is 6.58. The molecule has 1 aromatic carbocycles. The molecule has 3 aromatic rings. The SMILES string of the molecule is CN(Cc1c(Br)cnn1C)C(=O)c1cc(-c2ccc(Cl)cc2Cl)on1. The molecule has 0 aliphatic heterocycles. The molecule has 25 heavy (non-hydrogen) atoms. The van der Waals surface area contributed by atoms with E-state index < -0.39 is 0 Å². The maximum absolute atomic E-state index is 12.6. The molecular weight excluding hydrogens is 431 g/mol. The lowest BCUT2D eigenvalue weighted by Gasteiger charge is -2.15. The summed E-state index contributed by atoms with van der Waals surface area (Å²) in [5, 5.41) is 8.94. The molecule has 0 bridgehead atoms. The molecule has 9 heteroatoms. The number of hydrogen-bond acceptors (Lipinski definition) is 4. The van der Waals surface area contributed by atoms with Crippen molar-refractivity contribution in [2.75, 3.05) is 7.05 Å². The van der Waals surface area contributed by atoms with Gasteiger partial charge in [0.25, 0.3) is 5.91 Å². The van der Waals surface area contributed by atoms with E-state index in [9.17, 15) is 4.79 Å². The van der Waals surface area contributed by atoms with Crippen LogP contribution in [0.3, 0.4) is 0 Å². The van der Waals surface area contributed by atoms with Crippen molar-refractivity contribution in [3.05, 3.63) is 56.4 Å². The van der Waals surface area contributed by atoms with Gasteiger partial charge in [-0.25, -0.2) is 0 Å². The normalized spacial score (nSPS) is 10.9. The Hall–Kier alpha value is -1.83. The number of carbonyl (C=O) groups is 1. The number of aryl methyl sites for hydroxylation is 1. The molecule has 2 aromatic heterocycles. The average molecular weight is 444 g/mol. The van der Waals surface area contributed by atoms with Gasteiger partial charge in [0.05, 0.1) is 27.9 Å². The van der Waals surface area contributed by atoms with E-state index in [0.717, 1.165) is 10.2 Å². The van der Waals surface area contributed by atoms with Crippen LogP contribution in [-0.4, -0.2) is 32.8 Å². The molecule has 0 saturated carbocycles. The van der Waals surface area contributed by atoms with Crippen LogP contribution < -0.4 is 0 Å². The van der Waals surface area contributed by atoms with Crippen molar-refractivity contribution in [1.82, 2.24) is 19.8 Å². The Kier molecular flexibility index (Phi) is 5.17. The van der Waals surface area contributed by atoms with Crippen LogP contribution >= 0.6 is 39.1 Å². The lowest BCUT2D eigenvalue weighted by Crippen LogP contribution is -2.27. The predicted molar refractivity (Wildman–Crippen MR) is 98.7 cm³/mol. The molecule has 130 valence electrons. The summed E-state index contributed by atoms with van der Waals surface area (Å²) in [4.78, 5) is 14.1. The molecule has 0 unspecified atom stereocenters. The highest BCUT2D eigenvalue weighted by Gasteiger charge is 2.20. The Bertz CT molecular complexity index is 919. The Labute approximate surface area is 162 Å². The Morgan fingerprint density at radius 2 is 2.12 bits per heavy atom. The third-order valence-corrected chi connectivity index (χ3v) is 4.88. The van der Waals surface area contributed by atoms with Gasteiger partial charge in [0, 0.05) is 30.7 Å². The first-order chi connectivity index (χ1) is 11.9. The standard InChI is InChI=1S/C16H13BrCl2N4O2/c1-22(8-14-11(17)7-20-23(14)2)16(24)13-6-15(25-21-13)10-4-3-9(18)5-12(10)19/h3-7H,8H2,1-2H3. The molecule has 0 aliphatic rings. The fourth-order valence-electron chi connectivity index (χ4n) is 2.30. The largest absolute Gasteiger partial charge is 0.355 e. The average Bonchev–Trinajstić information content (AvgIpc) is 3.16. The summed E-state index contributed by atoms with van der Waals surface area (Å²) in [5.41, 5.74) is 1.69. The molecular formula is C16H13BrCl2N4O2. The van der Waals surface area contributed by atoms with Gasteiger partial charge in [0.1, 0.15) is 0 Å². The third kappa shape index (κ3) is 3.73. The summed E-state index contributed by atoms with van der Waals surface area (Å²) in [7, 11) is 3.50. The highest BCUT2D eigenvalue weighted by atomic mass is 79.9. The zero-order valence-electron chi connectivity index (χ0n) is 13.3. The van der Waals surface area contributed by atoms with Gasteiger partial charge in [-0.15, -0.1) is 0 Å². The lowest BCUT2D eigenvalue weighted by molar-refractivity contribution is 0.0771. The van der Waals surface area contributed by atoms with Crippen molar-refractivity contribution >= 4 is 45.0 Å². The van der Waals surface area contributed by atoms with Gasteiger partial charge in [-0.05, 0) is 34.1 Å². The minimum Gasteiger partial charge on any atom is -0.355 e. The molecule has 0 saturated heterocycles. The van der Waals surface area contributed by atoms with Gasteiger partial charge in [0.2, 0.25) is 0 Å². The first kappa shape index (κ1) is 18.0. The molecule has 0 N–H and O–H groups in total. The molecule has 0 aliphatic carbocycles. The van der Waals surface area contributed by atoms with Gasteiger partial charge in [0.15, 0.2) is 11.5 Å². The molecule has 3 rings (SSSR count). The number of hydrogen-bond donors (Lipinski definition) is 0. The van der Waals surface area contributed by atoms with Crippen molar-refractivity contribution in [1.29, 1.82) is 0 Å². The van der Waals surface area contributed by atoms with E-state index in [0.29, 0.717) is 27.9 Å². The molecule has 1 amide bonds. The van der Waals surface area contributed by atoms with Crippen molar-refractivity contribution in [3.63, 3.8) is 0 Å². The highest BCUT2D eigenvalue weighted by Crippen LogP contribution is 2.31. The molecule has 6 nitrogen and oxygen atoms in total. The van der Waals surface area contributed by atoms with E-state index in [1.807, 2.05) is 7.05 Å². The van der Waals surface area contributed by atoms with E-state index in [1.54, 1.807) is 42.2 Å². The molecule has 0 fully saturated rings. The van der Waals surface area contributed by atoms with Gasteiger partial charge in [-0.1, -0.05) is 28.4 Å². The van der Waals surface area contributed by atoms with Gasteiger partial charge >= 0.3 is 0 Å². The van der Waals surface area contributed by atoms with Crippen LogP contribution in [0.1, 0.15) is 16.2 Å². The maximum Gasteiger partial charge on any atom is 0.276 e. The van der Waals surface area contributed by atoms with Crippen molar-refractivity contribution in [2.45, 2.75) is 6.54 Å². The number of halogens is 3. The number of aromatic nitrogens is 3. The zero-order valence-corrected chi connectivity index (χ0v) is 16.4. The minimum atomic E-state index is -0.270. The molecule has 2 heterocycles. The summed E-state index contributed by atoms with van der Waals surface area (Å²) in [5.74, 6) is 0.133. The van der Waals surface area contributed by atoms with Crippen molar-refractivity contribution < 1.29 is 9.32 Å². The van der Waals surface area contributed by atoms with Gasteiger partial charge < -0.3 is 9.42 Å². The van der Waals surface area contributed by atoms with Crippen LogP contribution in [0.2, 0.25) is 10.0 Å². The quantitative estimate of drug-likeness (QED) is 0.598. The Morgan fingerprint density at radius 1 is 1.36 bits per heavy atom. The van der Waals surface area contributed by atoms with E-state index in [4.69, 9.17) is 27.7 Å². The van der Waals surface area contributed by atoms with Crippen LogP contribution in [-0.2, 0) is 13.6 Å². The number of rotatable bonds is 4. The summed E-state index contributed by atoms with van der Waals surface area (Å²) in [6.45, 7) is 0.375. The second kappa shape index (κ2) is 7.19. The zero-order chi connectivity index (χ0) is 18.1. The first-order valence-electron chi connectivity index (χ1n) is 7.21. The first-order valence-corrected chi connectivity index (χ1v) is 8.75. The van der Waals surface area contributed by atoms with Gasteiger partial charge in [-0.2, -0.15) is 5.10 Å². The van der Waals surface area contributed by atoms with Crippen molar-refractivity contribution in [2.24, 2.45) is 7.05 Å². The van der Waals surface area contributed by atoms with E-state index in [-0.39, 0.29) is 11.6 Å². The summed E-state index contributed by atoms with van der Waals surface area (Å²) >= 11 is 15.5. The van der Waals surface area contributed by atoms with E-state index >= 15 is 0 Å². The van der Waals surface area contributed by atoms with Gasteiger partial charge in [-0.3, -0.25) is 9.48 Å². The highest BCUT2D eigenvalue weighted by molar-refractivity contribution is 9.10. The van der Waals surface area contributed by atoms with Crippen LogP contribution in [0.15, 0.2) is 39.5 Å². The van der Waals surface area contributed by atoms with E-state index in [1.165, 1.54) is 4.90 Å². The monoisotopic (exact) mass is 442 g/mol. The van der Waals surface area contributed by atoms with Crippen LogP contribution in [0.5, 0.6) is 0 Å². The van der Waals surface area contributed by atoms with Crippen molar-refractivity contribution in [3.8, 4) is 11.3 Å². The lowest BCUT2D eigenvalue weighted by atomic mass is 10.1. The van der Waals surface area contributed by atoms with Crippen LogP contribution in [0.25, 0.3) is 11.3 Å².